The molecule has 0 bridgehead atoms. The van der Waals surface area contributed by atoms with E-state index < -0.39 is 0 Å². The van der Waals surface area contributed by atoms with Gasteiger partial charge in [0.05, 0.1) is 0 Å². The number of nitrogens with zero attached hydrogens (tertiary/aromatic N) is 2. The maximum absolute atomic E-state index is 6.14. The molecule has 2 N–H and O–H groups in total. The Labute approximate surface area is 129 Å². The van der Waals surface area contributed by atoms with Gasteiger partial charge in [-0.2, -0.15) is 0 Å². The van der Waals surface area contributed by atoms with Crippen LogP contribution in [-0.4, -0.2) is 48.6 Å². The van der Waals surface area contributed by atoms with Crippen molar-refractivity contribution in [2.24, 2.45) is 5.73 Å². The van der Waals surface area contributed by atoms with Crippen molar-refractivity contribution in [1.82, 2.24) is 9.80 Å². The van der Waals surface area contributed by atoms with Crippen molar-refractivity contribution in [2.45, 2.75) is 44.7 Å². The van der Waals surface area contributed by atoms with Crippen LogP contribution >= 0.6 is 0 Å². The lowest BCUT2D eigenvalue weighted by Crippen LogP contribution is -2.40. The summed E-state index contributed by atoms with van der Waals surface area (Å²) in [4.78, 5) is 5.32. The third-order valence-corrected chi connectivity index (χ3v) is 5.27. The first kappa shape index (κ1) is 15.0. The van der Waals surface area contributed by atoms with E-state index in [2.05, 4.69) is 41.0 Å². The van der Waals surface area contributed by atoms with Crippen molar-refractivity contribution in [1.29, 1.82) is 0 Å². The zero-order valence-electron chi connectivity index (χ0n) is 13.3. The average molecular weight is 287 g/mol. The fraction of sp³-hybridized carbons (Fsp3) is 0.667. The van der Waals surface area contributed by atoms with Crippen LogP contribution in [0.15, 0.2) is 24.3 Å². The van der Waals surface area contributed by atoms with Crippen LogP contribution < -0.4 is 5.73 Å². The summed E-state index contributed by atoms with van der Waals surface area (Å²) >= 11 is 0. The summed E-state index contributed by atoms with van der Waals surface area (Å²) in [5, 5.41) is 0. The van der Waals surface area contributed by atoms with Gasteiger partial charge in [0.15, 0.2) is 0 Å². The Bertz CT molecular complexity index is 442. The highest BCUT2D eigenvalue weighted by atomic mass is 15.3. The summed E-state index contributed by atoms with van der Waals surface area (Å²) < 4.78 is 0. The van der Waals surface area contributed by atoms with Crippen molar-refractivity contribution in [2.75, 3.05) is 32.7 Å². The number of aryl methyl sites for hydroxylation is 1. The normalized spacial score (nSPS) is 25.5. The van der Waals surface area contributed by atoms with Crippen LogP contribution in [0, 0.1) is 0 Å². The molecule has 2 heterocycles. The first-order valence-corrected chi connectivity index (χ1v) is 8.59. The van der Waals surface area contributed by atoms with Gasteiger partial charge in [-0.05, 0) is 49.9 Å². The molecular formula is C18H29N3. The summed E-state index contributed by atoms with van der Waals surface area (Å²) in [5.41, 5.74) is 8.94. The van der Waals surface area contributed by atoms with Crippen LogP contribution in [0.1, 0.15) is 43.4 Å². The molecule has 3 rings (SSSR count). The van der Waals surface area contributed by atoms with Crippen LogP contribution in [0.5, 0.6) is 0 Å². The monoisotopic (exact) mass is 287 g/mol. The van der Waals surface area contributed by atoms with Gasteiger partial charge in [0.2, 0.25) is 0 Å². The molecule has 1 aromatic carbocycles. The highest BCUT2D eigenvalue weighted by Crippen LogP contribution is 2.27. The van der Waals surface area contributed by atoms with Gasteiger partial charge in [-0.15, -0.1) is 0 Å². The zero-order chi connectivity index (χ0) is 14.7. The number of rotatable bonds is 4. The molecule has 2 aliphatic heterocycles. The average Bonchev–Trinajstić information content (AvgIpc) is 2.87. The van der Waals surface area contributed by atoms with Crippen LogP contribution in [0.2, 0.25) is 0 Å². The molecule has 2 unspecified atom stereocenters. The smallest absolute Gasteiger partial charge is 0.0471 e. The van der Waals surface area contributed by atoms with E-state index in [9.17, 15) is 0 Å². The predicted molar refractivity (Wildman–Crippen MR) is 88.4 cm³/mol. The van der Waals surface area contributed by atoms with E-state index >= 15 is 0 Å². The fourth-order valence-electron chi connectivity index (χ4n) is 3.99. The molecule has 2 aliphatic rings. The SMILES string of the molecule is CCc1ccc(C(CN)N2CCCN3CCCC3C2)cc1. The number of fused-ring (bicyclic) bond motifs is 1. The third kappa shape index (κ3) is 3.31. The topological polar surface area (TPSA) is 32.5 Å². The summed E-state index contributed by atoms with van der Waals surface area (Å²) in [6.07, 6.45) is 5.12. The number of nitrogens with two attached hydrogens (primary N) is 1. The van der Waals surface area contributed by atoms with Crippen molar-refractivity contribution in [3.8, 4) is 0 Å². The Hall–Kier alpha value is -0.900. The Balaban J connectivity index is 1.74. The van der Waals surface area contributed by atoms with Gasteiger partial charge >= 0.3 is 0 Å². The molecule has 1 aromatic rings. The summed E-state index contributed by atoms with van der Waals surface area (Å²) in [6, 6.07) is 10.2. The molecule has 3 heteroatoms. The molecule has 2 fully saturated rings. The van der Waals surface area contributed by atoms with Gasteiger partial charge in [-0.3, -0.25) is 9.80 Å². The van der Waals surface area contributed by atoms with E-state index in [0.29, 0.717) is 6.04 Å². The molecule has 0 amide bonds. The summed E-state index contributed by atoms with van der Waals surface area (Å²) in [5.74, 6) is 0. The maximum Gasteiger partial charge on any atom is 0.0471 e. The van der Waals surface area contributed by atoms with Gasteiger partial charge in [0, 0.05) is 31.7 Å². The molecular weight excluding hydrogens is 258 g/mol. The Morgan fingerprint density at radius 2 is 1.90 bits per heavy atom. The first-order valence-electron chi connectivity index (χ1n) is 8.59. The molecule has 116 valence electrons. The van der Waals surface area contributed by atoms with Crippen LogP contribution in [-0.2, 0) is 6.42 Å². The van der Waals surface area contributed by atoms with Crippen molar-refractivity contribution >= 4 is 0 Å². The van der Waals surface area contributed by atoms with Crippen LogP contribution in [0.3, 0.4) is 0 Å². The van der Waals surface area contributed by atoms with Gasteiger partial charge < -0.3 is 5.73 Å². The highest BCUT2D eigenvalue weighted by molar-refractivity contribution is 5.25. The van der Waals surface area contributed by atoms with Gasteiger partial charge in [0.1, 0.15) is 0 Å². The number of hydrogen-bond donors (Lipinski definition) is 1. The second-order valence-electron chi connectivity index (χ2n) is 6.53. The molecule has 0 aliphatic carbocycles. The van der Waals surface area contributed by atoms with Gasteiger partial charge in [-0.1, -0.05) is 31.2 Å². The molecule has 0 radical (unpaired) electrons. The van der Waals surface area contributed by atoms with Crippen LogP contribution in [0.4, 0.5) is 0 Å². The molecule has 0 aromatic heterocycles. The van der Waals surface area contributed by atoms with E-state index in [1.165, 1.54) is 56.6 Å². The third-order valence-electron chi connectivity index (χ3n) is 5.27. The minimum Gasteiger partial charge on any atom is -0.329 e. The molecule has 0 spiro atoms. The van der Waals surface area contributed by atoms with Crippen molar-refractivity contribution < 1.29 is 0 Å². The number of hydrogen-bond acceptors (Lipinski definition) is 3. The lowest BCUT2D eigenvalue weighted by molar-refractivity contribution is 0.176. The second kappa shape index (κ2) is 6.91. The molecule has 2 atom stereocenters. The summed E-state index contributed by atoms with van der Waals surface area (Å²) in [7, 11) is 0. The molecule has 0 saturated carbocycles. The Morgan fingerprint density at radius 3 is 2.62 bits per heavy atom. The van der Waals surface area contributed by atoms with Crippen molar-refractivity contribution in [3.63, 3.8) is 0 Å². The second-order valence-corrected chi connectivity index (χ2v) is 6.53. The first-order chi connectivity index (χ1) is 10.3. The van der Waals surface area contributed by atoms with E-state index in [1.807, 2.05) is 0 Å². The predicted octanol–water partition coefficient (Wildman–Crippen LogP) is 2.42. The molecule has 2 saturated heterocycles. The quantitative estimate of drug-likeness (QED) is 0.923. The number of benzene rings is 1. The molecule has 3 nitrogen and oxygen atoms in total. The Morgan fingerprint density at radius 1 is 1.14 bits per heavy atom. The van der Waals surface area contributed by atoms with E-state index in [4.69, 9.17) is 5.73 Å². The highest BCUT2D eigenvalue weighted by Gasteiger charge is 2.31. The standard InChI is InChI=1S/C18H29N3/c1-2-15-6-8-16(9-7-15)18(13-19)21-12-4-11-20-10-3-5-17(20)14-21/h6-9,17-18H,2-5,10-14,19H2,1H3. The van der Waals surface area contributed by atoms with Gasteiger partial charge in [0.25, 0.3) is 0 Å². The van der Waals surface area contributed by atoms with Crippen molar-refractivity contribution in [3.05, 3.63) is 35.4 Å². The van der Waals surface area contributed by atoms with Crippen LogP contribution in [0.25, 0.3) is 0 Å². The fourth-order valence-corrected chi connectivity index (χ4v) is 3.99. The lowest BCUT2D eigenvalue weighted by atomic mass is 10.0. The van der Waals surface area contributed by atoms with Gasteiger partial charge in [-0.25, -0.2) is 0 Å². The maximum atomic E-state index is 6.14. The lowest BCUT2D eigenvalue weighted by Gasteiger charge is -2.32. The summed E-state index contributed by atoms with van der Waals surface area (Å²) in [6.45, 7) is 7.88. The van der Waals surface area contributed by atoms with E-state index in [0.717, 1.165) is 19.0 Å². The largest absolute Gasteiger partial charge is 0.329 e. The zero-order valence-corrected chi connectivity index (χ0v) is 13.3. The molecule has 21 heavy (non-hydrogen) atoms. The minimum atomic E-state index is 0.386. The Kier molecular flexibility index (Phi) is 4.94. The minimum absolute atomic E-state index is 0.386. The van der Waals surface area contributed by atoms with E-state index in [1.54, 1.807) is 0 Å². The van der Waals surface area contributed by atoms with E-state index in [-0.39, 0.29) is 0 Å².